The number of hydrogen-bond donors (Lipinski definition) is 1. The largest absolute Gasteiger partial charge is 0.307 e. The Morgan fingerprint density at radius 3 is 2.60 bits per heavy atom. The van der Waals surface area contributed by atoms with E-state index in [4.69, 9.17) is 0 Å². The lowest BCUT2D eigenvalue weighted by Gasteiger charge is -2.33. The maximum Gasteiger partial charge on any atom is 0.0379 e. The average molecular weight is 273 g/mol. The second kappa shape index (κ2) is 6.76. The van der Waals surface area contributed by atoms with Gasteiger partial charge in [0, 0.05) is 12.1 Å². The summed E-state index contributed by atoms with van der Waals surface area (Å²) in [5.41, 5.74) is 3.41. The summed E-state index contributed by atoms with van der Waals surface area (Å²) >= 11 is 0. The first-order chi connectivity index (χ1) is 9.58. The first-order valence-corrected chi connectivity index (χ1v) is 8.42. The topological polar surface area (TPSA) is 12.0 Å². The highest BCUT2D eigenvalue weighted by molar-refractivity contribution is 5.37. The smallest absolute Gasteiger partial charge is 0.0379 e. The summed E-state index contributed by atoms with van der Waals surface area (Å²) in [4.78, 5) is 0. The summed E-state index contributed by atoms with van der Waals surface area (Å²) in [7, 11) is 0. The number of unbranched alkanes of at least 4 members (excludes halogenated alkanes) is 1. The van der Waals surface area contributed by atoms with Crippen molar-refractivity contribution in [2.45, 2.75) is 78.3 Å². The minimum absolute atomic E-state index is 0.335. The summed E-state index contributed by atoms with van der Waals surface area (Å²) in [6, 6.07) is 10.2. The fourth-order valence-electron chi connectivity index (χ4n) is 3.65. The van der Waals surface area contributed by atoms with Crippen LogP contribution in [0.15, 0.2) is 24.3 Å². The molecule has 0 heterocycles. The lowest BCUT2D eigenvalue weighted by Crippen LogP contribution is -2.38. The third-order valence-electron chi connectivity index (χ3n) is 4.74. The second-order valence-corrected chi connectivity index (χ2v) is 7.09. The molecule has 0 aromatic heterocycles. The van der Waals surface area contributed by atoms with Crippen LogP contribution in [0.4, 0.5) is 0 Å². The molecule has 1 heteroatoms. The van der Waals surface area contributed by atoms with E-state index < -0.39 is 0 Å². The first-order valence-electron chi connectivity index (χ1n) is 8.42. The van der Waals surface area contributed by atoms with Crippen molar-refractivity contribution < 1.29 is 0 Å². The monoisotopic (exact) mass is 273 g/mol. The van der Waals surface area contributed by atoms with E-state index in [-0.39, 0.29) is 0 Å². The van der Waals surface area contributed by atoms with Crippen LogP contribution >= 0.6 is 0 Å². The van der Waals surface area contributed by atoms with Crippen molar-refractivity contribution >= 4 is 0 Å². The molecule has 0 saturated heterocycles. The Labute approximate surface area is 125 Å². The number of fused-ring (bicyclic) bond motifs is 1. The van der Waals surface area contributed by atoms with Gasteiger partial charge in [-0.15, -0.1) is 0 Å². The number of nitrogens with one attached hydrogen (secondary N) is 1. The molecule has 1 N–H and O–H groups in total. The molecule has 20 heavy (non-hydrogen) atoms. The third-order valence-corrected chi connectivity index (χ3v) is 4.74. The van der Waals surface area contributed by atoms with Gasteiger partial charge in [0.15, 0.2) is 0 Å². The van der Waals surface area contributed by atoms with Crippen molar-refractivity contribution in [1.82, 2.24) is 5.32 Å². The molecular formula is C19H31N. The molecule has 0 bridgehead atoms. The average Bonchev–Trinajstić information content (AvgIpc) is 2.67. The lowest BCUT2D eigenvalue weighted by atomic mass is 9.84. The Bertz CT molecular complexity index is 422. The van der Waals surface area contributed by atoms with Gasteiger partial charge in [-0.1, -0.05) is 71.2 Å². The van der Waals surface area contributed by atoms with E-state index in [0.29, 0.717) is 17.5 Å². The van der Waals surface area contributed by atoms with Crippen LogP contribution in [0.2, 0.25) is 0 Å². The van der Waals surface area contributed by atoms with E-state index in [1.165, 1.54) is 44.1 Å². The number of hydrogen-bond acceptors (Lipinski definition) is 1. The van der Waals surface area contributed by atoms with E-state index in [0.717, 1.165) is 0 Å². The maximum atomic E-state index is 4.00. The zero-order valence-corrected chi connectivity index (χ0v) is 13.7. The van der Waals surface area contributed by atoms with Gasteiger partial charge in [-0.3, -0.25) is 0 Å². The van der Waals surface area contributed by atoms with Gasteiger partial charge in [0.1, 0.15) is 0 Å². The molecule has 2 rings (SSSR count). The van der Waals surface area contributed by atoms with Crippen molar-refractivity contribution in [2.24, 2.45) is 5.41 Å². The number of rotatable bonds is 7. The van der Waals surface area contributed by atoms with Crippen LogP contribution in [-0.2, 0) is 6.42 Å². The summed E-state index contributed by atoms with van der Waals surface area (Å²) in [6.07, 6.45) is 7.73. The zero-order chi connectivity index (χ0) is 14.6. The molecule has 1 aliphatic rings. The summed E-state index contributed by atoms with van der Waals surface area (Å²) in [6.45, 7) is 9.41. The molecule has 0 saturated carbocycles. The van der Waals surface area contributed by atoms with Gasteiger partial charge in [-0.2, -0.15) is 0 Å². The molecule has 2 atom stereocenters. The van der Waals surface area contributed by atoms with Crippen LogP contribution in [0, 0.1) is 5.41 Å². The Morgan fingerprint density at radius 1 is 1.15 bits per heavy atom. The van der Waals surface area contributed by atoms with Crippen molar-refractivity contribution in [3.63, 3.8) is 0 Å². The van der Waals surface area contributed by atoms with Crippen LogP contribution in [0.3, 0.4) is 0 Å². The second-order valence-electron chi connectivity index (χ2n) is 7.09. The lowest BCUT2D eigenvalue weighted by molar-refractivity contribution is 0.236. The Kier molecular flexibility index (Phi) is 5.26. The Morgan fingerprint density at radius 2 is 1.90 bits per heavy atom. The van der Waals surface area contributed by atoms with Crippen molar-refractivity contribution in [3.05, 3.63) is 35.4 Å². The molecule has 1 nitrogen and oxygen atoms in total. The van der Waals surface area contributed by atoms with E-state index in [1.807, 2.05) is 0 Å². The molecule has 112 valence electrons. The summed E-state index contributed by atoms with van der Waals surface area (Å²) < 4.78 is 0. The number of benzene rings is 1. The fraction of sp³-hybridized carbons (Fsp3) is 0.684. The highest BCUT2D eigenvalue weighted by Crippen LogP contribution is 2.45. The van der Waals surface area contributed by atoms with Crippen LogP contribution in [0.1, 0.15) is 77.0 Å². The molecule has 0 spiro atoms. The van der Waals surface area contributed by atoms with Gasteiger partial charge in [0.2, 0.25) is 0 Å². The van der Waals surface area contributed by atoms with Crippen LogP contribution in [0.5, 0.6) is 0 Å². The van der Waals surface area contributed by atoms with E-state index in [2.05, 4.69) is 57.3 Å². The molecule has 2 unspecified atom stereocenters. The van der Waals surface area contributed by atoms with E-state index >= 15 is 0 Å². The van der Waals surface area contributed by atoms with Crippen LogP contribution < -0.4 is 5.32 Å². The zero-order valence-electron chi connectivity index (χ0n) is 13.7. The fourth-order valence-corrected chi connectivity index (χ4v) is 3.65. The summed E-state index contributed by atoms with van der Waals surface area (Å²) in [5.74, 6) is 0. The van der Waals surface area contributed by atoms with Gasteiger partial charge in [-0.25, -0.2) is 0 Å². The normalized spacial score (nSPS) is 21.7. The quantitative estimate of drug-likeness (QED) is 0.714. The molecule has 1 aromatic rings. The van der Waals surface area contributed by atoms with Gasteiger partial charge in [0.25, 0.3) is 0 Å². The maximum absolute atomic E-state index is 4.00. The molecule has 1 aliphatic carbocycles. The van der Waals surface area contributed by atoms with Crippen molar-refractivity contribution in [3.8, 4) is 0 Å². The minimum Gasteiger partial charge on any atom is -0.307 e. The van der Waals surface area contributed by atoms with Gasteiger partial charge in [0.05, 0.1) is 0 Å². The van der Waals surface area contributed by atoms with Gasteiger partial charge < -0.3 is 5.32 Å². The van der Waals surface area contributed by atoms with Gasteiger partial charge >= 0.3 is 0 Å². The Hall–Kier alpha value is -0.820. The van der Waals surface area contributed by atoms with Crippen molar-refractivity contribution in [2.75, 3.05) is 0 Å². The molecular weight excluding hydrogens is 242 g/mol. The molecule has 0 radical (unpaired) electrons. The summed E-state index contributed by atoms with van der Waals surface area (Å²) in [5, 5.41) is 4.00. The van der Waals surface area contributed by atoms with Crippen LogP contribution in [-0.4, -0.2) is 6.04 Å². The standard InChI is InChI=1S/C19H31N/c1-5-7-12-16(10-6-2)20-18-17-13-9-8-11-15(17)14-19(18,3)4/h8-9,11,13,16,18,20H,5-7,10,12,14H2,1-4H3. The van der Waals surface area contributed by atoms with E-state index in [1.54, 1.807) is 5.56 Å². The molecule has 1 aromatic carbocycles. The molecule has 0 aliphatic heterocycles. The Balaban J connectivity index is 2.13. The van der Waals surface area contributed by atoms with Crippen LogP contribution in [0.25, 0.3) is 0 Å². The third kappa shape index (κ3) is 3.44. The van der Waals surface area contributed by atoms with Gasteiger partial charge in [-0.05, 0) is 35.8 Å². The highest BCUT2D eigenvalue weighted by atomic mass is 15.0. The first kappa shape index (κ1) is 15.6. The van der Waals surface area contributed by atoms with E-state index in [9.17, 15) is 0 Å². The van der Waals surface area contributed by atoms with Crippen molar-refractivity contribution in [1.29, 1.82) is 0 Å². The molecule has 0 fully saturated rings. The predicted molar refractivity (Wildman–Crippen MR) is 88.0 cm³/mol. The predicted octanol–water partition coefficient (Wildman–Crippen LogP) is 5.26. The SMILES string of the molecule is CCCCC(CCC)NC1c2ccccc2CC1(C)C. The highest BCUT2D eigenvalue weighted by Gasteiger charge is 2.39. The minimum atomic E-state index is 0.335. The molecule has 0 amide bonds.